The molecule has 0 aromatic rings. The number of allylic oxidation sites excluding steroid dienone is 4. The van der Waals surface area contributed by atoms with Gasteiger partial charge in [0.1, 0.15) is 0 Å². The third kappa shape index (κ3) is 8.49. The van der Waals surface area contributed by atoms with Crippen molar-refractivity contribution in [2.24, 2.45) is 0 Å². The van der Waals surface area contributed by atoms with Gasteiger partial charge in [0.15, 0.2) is 0 Å². The molecule has 1 aliphatic rings. The van der Waals surface area contributed by atoms with E-state index in [1.807, 2.05) is 36.7 Å². The van der Waals surface area contributed by atoms with Crippen LogP contribution in [0.3, 0.4) is 0 Å². The quantitative estimate of drug-likeness (QED) is 0.631. The molecule has 3 heteroatoms. The summed E-state index contributed by atoms with van der Waals surface area (Å²) in [6, 6.07) is 0. The van der Waals surface area contributed by atoms with E-state index >= 15 is 0 Å². The van der Waals surface area contributed by atoms with Crippen LogP contribution in [0.4, 0.5) is 0 Å². The standard InChI is InChI=1S/C6H7N.C3H6O2/c1-2-4-6-7-5-3-1;1-2-5-3-4/h1-7H;3H,2H2,1H3. The molecule has 0 saturated carbocycles. The molecule has 3 nitrogen and oxygen atoms in total. The zero-order valence-corrected chi connectivity index (χ0v) is 7.07. The Balaban J connectivity index is 0.000000217. The fourth-order valence-corrected chi connectivity index (χ4v) is 0.474. The fourth-order valence-electron chi connectivity index (χ4n) is 0.474. The second-order valence-electron chi connectivity index (χ2n) is 1.82. The molecule has 1 rings (SSSR count). The van der Waals surface area contributed by atoms with Gasteiger partial charge in [-0.25, -0.2) is 0 Å². The fraction of sp³-hybridized carbons (Fsp3) is 0.222. The van der Waals surface area contributed by atoms with Crippen LogP contribution in [0, 0.1) is 0 Å². The molecular formula is C9H13NO2. The summed E-state index contributed by atoms with van der Waals surface area (Å²) in [5, 5.41) is 2.92. The molecule has 1 aliphatic heterocycles. The molecule has 12 heavy (non-hydrogen) atoms. The van der Waals surface area contributed by atoms with Crippen LogP contribution in [-0.2, 0) is 9.53 Å². The molecule has 0 unspecified atom stereocenters. The van der Waals surface area contributed by atoms with E-state index in [9.17, 15) is 4.79 Å². The lowest BCUT2D eigenvalue weighted by molar-refractivity contribution is -0.128. The van der Waals surface area contributed by atoms with Gasteiger partial charge >= 0.3 is 0 Å². The average molecular weight is 167 g/mol. The van der Waals surface area contributed by atoms with Gasteiger partial charge in [0, 0.05) is 12.4 Å². The predicted molar refractivity (Wildman–Crippen MR) is 48.2 cm³/mol. The normalized spacial score (nSPS) is 12.1. The van der Waals surface area contributed by atoms with E-state index < -0.39 is 0 Å². The largest absolute Gasteiger partial charge is 0.468 e. The number of hydrogen-bond acceptors (Lipinski definition) is 3. The minimum absolute atomic E-state index is 0.431. The first-order valence-electron chi connectivity index (χ1n) is 3.71. The predicted octanol–water partition coefficient (Wildman–Crippen LogP) is 1.35. The molecule has 66 valence electrons. The zero-order valence-electron chi connectivity index (χ0n) is 7.07. The van der Waals surface area contributed by atoms with Crippen molar-refractivity contribution < 1.29 is 9.53 Å². The van der Waals surface area contributed by atoms with Crippen LogP contribution in [0.25, 0.3) is 0 Å². The number of carbonyl (C=O) groups excluding carboxylic acids is 1. The Kier molecular flexibility index (Phi) is 8.30. The highest BCUT2D eigenvalue weighted by Crippen LogP contribution is 1.81. The van der Waals surface area contributed by atoms with E-state index in [1.165, 1.54) is 0 Å². The Labute approximate surface area is 72.4 Å². The van der Waals surface area contributed by atoms with Gasteiger partial charge < -0.3 is 10.1 Å². The SMILES string of the molecule is C1=CC=CNC=C1.CCOC=O. The first-order chi connectivity index (χ1) is 5.91. The molecule has 0 saturated heterocycles. The molecule has 0 fully saturated rings. The highest BCUT2D eigenvalue weighted by atomic mass is 16.5. The summed E-state index contributed by atoms with van der Waals surface area (Å²) >= 11 is 0. The molecule has 0 aromatic heterocycles. The Morgan fingerprint density at radius 2 is 1.83 bits per heavy atom. The summed E-state index contributed by atoms with van der Waals surface area (Å²) in [4.78, 5) is 9.18. The molecule has 1 heterocycles. The second kappa shape index (κ2) is 9.49. The van der Waals surface area contributed by atoms with Gasteiger partial charge in [-0.15, -0.1) is 0 Å². The molecule has 0 aliphatic carbocycles. The van der Waals surface area contributed by atoms with E-state index in [-0.39, 0.29) is 0 Å². The van der Waals surface area contributed by atoms with Gasteiger partial charge in [0.25, 0.3) is 6.47 Å². The first kappa shape index (κ1) is 10.5. The minimum Gasteiger partial charge on any atom is -0.468 e. The van der Waals surface area contributed by atoms with Crippen molar-refractivity contribution in [1.82, 2.24) is 5.32 Å². The molecule has 0 amide bonds. The zero-order chi connectivity index (χ0) is 9.07. The molecule has 0 bridgehead atoms. The number of ether oxygens (including phenoxy) is 1. The molecule has 1 N–H and O–H groups in total. The van der Waals surface area contributed by atoms with Crippen LogP contribution in [0.5, 0.6) is 0 Å². The van der Waals surface area contributed by atoms with E-state index in [0.717, 1.165) is 0 Å². The van der Waals surface area contributed by atoms with E-state index in [1.54, 1.807) is 6.92 Å². The maximum Gasteiger partial charge on any atom is 0.293 e. The van der Waals surface area contributed by atoms with Crippen LogP contribution >= 0.6 is 0 Å². The number of carbonyl (C=O) groups is 1. The number of rotatable bonds is 2. The van der Waals surface area contributed by atoms with Crippen molar-refractivity contribution in [3.8, 4) is 0 Å². The summed E-state index contributed by atoms with van der Waals surface area (Å²) in [5.74, 6) is 0. The highest BCUT2D eigenvalue weighted by molar-refractivity contribution is 5.36. The topological polar surface area (TPSA) is 38.3 Å². The van der Waals surface area contributed by atoms with Crippen LogP contribution in [0.2, 0.25) is 0 Å². The summed E-state index contributed by atoms with van der Waals surface area (Å²) in [5.41, 5.74) is 0. The summed E-state index contributed by atoms with van der Waals surface area (Å²) in [7, 11) is 0. The monoisotopic (exact) mass is 167 g/mol. The highest BCUT2D eigenvalue weighted by Gasteiger charge is 1.67. The second-order valence-corrected chi connectivity index (χ2v) is 1.82. The van der Waals surface area contributed by atoms with Gasteiger partial charge in [-0.05, 0) is 19.1 Å². The molecule has 0 aromatic carbocycles. The van der Waals surface area contributed by atoms with Gasteiger partial charge in [0.2, 0.25) is 0 Å². The van der Waals surface area contributed by atoms with Gasteiger partial charge in [0.05, 0.1) is 6.61 Å². The summed E-state index contributed by atoms with van der Waals surface area (Å²) < 4.78 is 4.15. The first-order valence-corrected chi connectivity index (χ1v) is 3.71. The van der Waals surface area contributed by atoms with Crippen molar-refractivity contribution in [2.45, 2.75) is 6.92 Å². The van der Waals surface area contributed by atoms with Gasteiger partial charge in [-0.1, -0.05) is 12.2 Å². The third-order valence-electron chi connectivity index (χ3n) is 0.953. The van der Waals surface area contributed by atoms with Crippen molar-refractivity contribution in [2.75, 3.05) is 6.61 Å². The van der Waals surface area contributed by atoms with E-state index in [2.05, 4.69) is 10.1 Å². The molecule has 0 spiro atoms. The van der Waals surface area contributed by atoms with Gasteiger partial charge in [-0.3, -0.25) is 4.79 Å². The summed E-state index contributed by atoms with van der Waals surface area (Å²) in [6.07, 6.45) is 11.6. The van der Waals surface area contributed by atoms with Crippen molar-refractivity contribution in [1.29, 1.82) is 0 Å². The van der Waals surface area contributed by atoms with Gasteiger partial charge in [-0.2, -0.15) is 0 Å². The van der Waals surface area contributed by atoms with E-state index in [0.29, 0.717) is 13.1 Å². The third-order valence-corrected chi connectivity index (χ3v) is 0.953. The average Bonchev–Trinajstić information content (AvgIpc) is 2.37. The Bertz CT molecular complexity index is 169. The van der Waals surface area contributed by atoms with E-state index in [4.69, 9.17) is 0 Å². The Hall–Kier alpha value is -1.51. The smallest absolute Gasteiger partial charge is 0.293 e. The molecule has 0 radical (unpaired) electrons. The lowest BCUT2D eigenvalue weighted by Gasteiger charge is -1.79. The molecule has 0 atom stereocenters. The minimum atomic E-state index is 0.431. The number of hydrogen-bond donors (Lipinski definition) is 1. The maximum absolute atomic E-state index is 9.18. The maximum atomic E-state index is 9.18. The van der Waals surface area contributed by atoms with Crippen LogP contribution < -0.4 is 5.32 Å². The van der Waals surface area contributed by atoms with Crippen LogP contribution in [0.15, 0.2) is 36.7 Å². The number of nitrogens with one attached hydrogen (secondary N) is 1. The molecular weight excluding hydrogens is 154 g/mol. The summed E-state index contributed by atoms with van der Waals surface area (Å²) in [6.45, 7) is 2.66. The lowest BCUT2D eigenvalue weighted by atomic mass is 10.5. The Morgan fingerprint density at radius 1 is 1.25 bits per heavy atom. The van der Waals surface area contributed by atoms with Crippen LogP contribution in [0.1, 0.15) is 6.92 Å². The van der Waals surface area contributed by atoms with Crippen molar-refractivity contribution in [3.05, 3.63) is 36.7 Å². The van der Waals surface area contributed by atoms with Crippen molar-refractivity contribution >= 4 is 6.47 Å². The Morgan fingerprint density at radius 3 is 2.17 bits per heavy atom. The lowest BCUT2D eigenvalue weighted by Crippen LogP contribution is -1.87. The van der Waals surface area contributed by atoms with Crippen LogP contribution in [-0.4, -0.2) is 13.1 Å². The van der Waals surface area contributed by atoms with Crippen molar-refractivity contribution in [3.63, 3.8) is 0 Å².